The summed E-state index contributed by atoms with van der Waals surface area (Å²) in [5.41, 5.74) is 1.73. The van der Waals surface area contributed by atoms with Gasteiger partial charge in [-0.15, -0.1) is 0 Å². The molecule has 0 saturated carbocycles. The van der Waals surface area contributed by atoms with Crippen molar-refractivity contribution in [2.24, 2.45) is 0 Å². The van der Waals surface area contributed by atoms with Crippen molar-refractivity contribution < 1.29 is 14.4 Å². The summed E-state index contributed by atoms with van der Waals surface area (Å²) in [5.74, 6) is -0.684. The molecule has 0 bridgehead atoms. The number of anilines is 1. The number of carbonyl (C=O) groups is 2. The Morgan fingerprint density at radius 1 is 1.50 bits per heavy atom. The monoisotopic (exact) mass is 310 g/mol. The van der Waals surface area contributed by atoms with Gasteiger partial charge in [0.25, 0.3) is 11.8 Å². The van der Waals surface area contributed by atoms with Crippen LogP contribution in [0.25, 0.3) is 5.57 Å². The molecule has 1 aliphatic rings. The van der Waals surface area contributed by atoms with Crippen LogP contribution in [0.4, 0.5) is 5.69 Å². The Bertz CT molecular complexity index is 554. The Kier molecular flexibility index (Phi) is 3.49. The van der Waals surface area contributed by atoms with Crippen LogP contribution in [0.5, 0.6) is 0 Å². The molecule has 18 heavy (non-hydrogen) atoms. The molecular formula is C12H11BrN2O3. The number of benzene rings is 1. The van der Waals surface area contributed by atoms with Gasteiger partial charge in [-0.25, -0.2) is 5.06 Å². The largest absolute Gasteiger partial charge is 0.321 e. The third-order valence-electron chi connectivity index (χ3n) is 2.62. The number of nitrogens with zero attached hydrogens (tertiary/aromatic N) is 1. The molecule has 1 aromatic rings. The lowest BCUT2D eigenvalue weighted by Crippen LogP contribution is -2.24. The van der Waals surface area contributed by atoms with Crippen LogP contribution in [-0.4, -0.2) is 31.0 Å². The molecule has 2 amide bonds. The zero-order chi connectivity index (χ0) is 13.3. The molecule has 0 unspecified atom stereocenters. The number of likely N-dealkylation sites (N-methyl/N-ethyl adjacent to an activating group) is 1. The minimum Gasteiger partial charge on any atom is -0.321 e. The van der Waals surface area contributed by atoms with Gasteiger partial charge < -0.3 is 5.32 Å². The van der Waals surface area contributed by atoms with E-state index in [0.717, 1.165) is 9.54 Å². The lowest BCUT2D eigenvalue weighted by molar-refractivity contribution is -0.162. The second-order valence-electron chi connectivity index (χ2n) is 3.72. The Morgan fingerprint density at radius 2 is 2.22 bits per heavy atom. The van der Waals surface area contributed by atoms with Crippen molar-refractivity contribution in [3.8, 4) is 0 Å². The molecule has 0 spiro atoms. The molecule has 2 rings (SSSR count). The van der Waals surface area contributed by atoms with E-state index in [-0.39, 0.29) is 5.91 Å². The molecule has 0 fully saturated rings. The van der Waals surface area contributed by atoms with E-state index < -0.39 is 5.91 Å². The van der Waals surface area contributed by atoms with Gasteiger partial charge >= 0.3 is 0 Å². The van der Waals surface area contributed by atoms with Gasteiger partial charge in [-0.3, -0.25) is 14.4 Å². The molecule has 1 heterocycles. The third kappa shape index (κ3) is 2.30. The van der Waals surface area contributed by atoms with Gasteiger partial charge in [0, 0.05) is 28.8 Å². The van der Waals surface area contributed by atoms with Gasteiger partial charge in [-0.1, -0.05) is 15.9 Å². The highest BCUT2D eigenvalue weighted by molar-refractivity contribution is 9.10. The molecule has 0 saturated heterocycles. The van der Waals surface area contributed by atoms with E-state index in [1.54, 1.807) is 12.1 Å². The van der Waals surface area contributed by atoms with Crippen LogP contribution in [0.2, 0.25) is 0 Å². The quantitative estimate of drug-likeness (QED) is 0.669. The summed E-state index contributed by atoms with van der Waals surface area (Å²) in [4.78, 5) is 28.3. The van der Waals surface area contributed by atoms with Crippen molar-refractivity contribution in [3.05, 3.63) is 34.3 Å². The molecule has 5 nitrogen and oxygen atoms in total. The smallest absolute Gasteiger partial charge is 0.270 e. The number of halogens is 1. The average molecular weight is 311 g/mol. The first-order valence-corrected chi connectivity index (χ1v) is 5.97. The normalized spacial score (nSPS) is 15.5. The van der Waals surface area contributed by atoms with Gasteiger partial charge in [-0.2, -0.15) is 0 Å². The first-order chi connectivity index (χ1) is 8.52. The van der Waals surface area contributed by atoms with Crippen LogP contribution in [0.15, 0.2) is 28.7 Å². The molecule has 0 aromatic heterocycles. The fourth-order valence-electron chi connectivity index (χ4n) is 1.61. The van der Waals surface area contributed by atoms with Crippen LogP contribution < -0.4 is 5.32 Å². The maximum Gasteiger partial charge on any atom is 0.270 e. The Morgan fingerprint density at radius 3 is 2.89 bits per heavy atom. The highest BCUT2D eigenvalue weighted by atomic mass is 79.9. The minimum atomic E-state index is -0.393. The fraction of sp³-hybridized carbons (Fsp3) is 0.167. The molecule has 1 aromatic carbocycles. The van der Waals surface area contributed by atoms with Crippen LogP contribution in [0.1, 0.15) is 5.56 Å². The van der Waals surface area contributed by atoms with E-state index in [2.05, 4.69) is 21.2 Å². The molecule has 1 aliphatic heterocycles. The van der Waals surface area contributed by atoms with Crippen molar-refractivity contribution in [2.75, 3.05) is 19.5 Å². The minimum absolute atomic E-state index is 0.291. The first kappa shape index (κ1) is 12.8. The van der Waals surface area contributed by atoms with Gasteiger partial charge in [0.15, 0.2) is 0 Å². The predicted octanol–water partition coefficient (Wildman–Crippen LogP) is 1.80. The summed E-state index contributed by atoms with van der Waals surface area (Å²) in [5, 5.41) is 3.75. The summed E-state index contributed by atoms with van der Waals surface area (Å²) in [6, 6.07) is 5.40. The topological polar surface area (TPSA) is 58.6 Å². The third-order valence-corrected chi connectivity index (χ3v) is 3.11. The Hall–Kier alpha value is -1.66. The number of fused-ring (bicyclic) bond motifs is 1. The maximum atomic E-state index is 11.8. The SMILES string of the molecule is CON(C)C(=O)C=C1C(=O)Nc2ccc(Br)cc21. The lowest BCUT2D eigenvalue weighted by Gasteiger charge is -2.10. The number of hydroxylamine groups is 2. The molecule has 0 atom stereocenters. The number of hydrogen-bond donors (Lipinski definition) is 1. The van der Waals surface area contributed by atoms with Gasteiger partial charge in [0.1, 0.15) is 0 Å². The molecular weight excluding hydrogens is 300 g/mol. The van der Waals surface area contributed by atoms with E-state index in [4.69, 9.17) is 4.84 Å². The maximum absolute atomic E-state index is 11.8. The molecule has 94 valence electrons. The molecule has 0 aliphatic carbocycles. The predicted molar refractivity (Wildman–Crippen MR) is 70.5 cm³/mol. The number of nitrogens with one attached hydrogen (secondary N) is 1. The Labute approximate surface area is 112 Å². The lowest BCUT2D eigenvalue weighted by atomic mass is 10.1. The van der Waals surface area contributed by atoms with Gasteiger partial charge in [-0.05, 0) is 18.2 Å². The van der Waals surface area contributed by atoms with Crippen molar-refractivity contribution in [3.63, 3.8) is 0 Å². The molecule has 6 heteroatoms. The second-order valence-corrected chi connectivity index (χ2v) is 4.64. The Balaban J connectivity index is 2.41. The van der Waals surface area contributed by atoms with E-state index >= 15 is 0 Å². The molecule has 1 N–H and O–H groups in total. The van der Waals surface area contributed by atoms with Gasteiger partial charge in [0.2, 0.25) is 0 Å². The summed E-state index contributed by atoms with van der Waals surface area (Å²) < 4.78 is 0.844. The summed E-state index contributed by atoms with van der Waals surface area (Å²) in [6.07, 6.45) is 1.26. The zero-order valence-electron chi connectivity index (χ0n) is 9.86. The van der Waals surface area contributed by atoms with Crippen molar-refractivity contribution in [2.45, 2.75) is 0 Å². The summed E-state index contributed by atoms with van der Waals surface area (Å²) in [6.45, 7) is 0. The highest BCUT2D eigenvalue weighted by Crippen LogP contribution is 2.33. The summed E-state index contributed by atoms with van der Waals surface area (Å²) in [7, 11) is 2.86. The zero-order valence-corrected chi connectivity index (χ0v) is 11.4. The number of carbonyl (C=O) groups excluding carboxylic acids is 2. The molecule has 0 radical (unpaired) electrons. The van der Waals surface area contributed by atoms with Crippen LogP contribution in [-0.2, 0) is 14.4 Å². The fourth-order valence-corrected chi connectivity index (χ4v) is 1.97. The van der Waals surface area contributed by atoms with Crippen LogP contribution >= 0.6 is 15.9 Å². The summed E-state index contributed by atoms with van der Waals surface area (Å²) >= 11 is 3.33. The average Bonchev–Trinajstić information content (AvgIpc) is 2.65. The van der Waals surface area contributed by atoms with Crippen LogP contribution in [0.3, 0.4) is 0 Å². The first-order valence-electron chi connectivity index (χ1n) is 5.17. The standard InChI is InChI=1S/C12H11BrN2O3/c1-15(18-2)11(16)6-9-8-5-7(13)3-4-10(8)14-12(9)17/h3-6H,1-2H3,(H,14,17). The number of rotatable bonds is 2. The number of amides is 2. The number of hydrogen-bond acceptors (Lipinski definition) is 3. The second kappa shape index (κ2) is 4.91. The van der Waals surface area contributed by atoms with Crippen molar-refractivity contribution in [1.82, 2.24) is 5.06 Å². The van der Waals surface area contributed by atoms with Crippen LogP contribution in [0, 0.1) is 0 Å². The van der Waals surface area contributed by atoms with Crippen molar-refractivity contribution >= 4 is 39.0 Å². The van der Waals surface area contributed by atoms with Crippen molar-refractivity contribution in [1.29, 1.82) is 0 Å². The van der Waals surface area contributed by atoms with E-state index in [9.17, 15) is 9.59 Å². The van der Waals surface area contributed by atoms with E-state index in [0.29, 0.717) is 16.8 Å². The van der Waals surface area contributed by atoms with E-state index in [1.165, 1.54) is 20.2 Å². The van der Waals surface area contributed by atoms with Gasteiger partial charge in [0.05, 0.1) is 12.7 Å². The van der Waals surface area contributed by atoms with E-state index in [1.807, 2.05) is 6.07 Å². The highest BCUT2D eigenvalue weighted by Gasteiger charge is 2.25.